The summed E-state index contributed by atoms with van der Waals surface area (Å²) >= 11 is 0. The molecule has 142 valence electrons. The van der Waals surface area contributed by atoms with Crippen molar-refractivity contribution < 1.29 is 9.59 Å². The Bertz CT molecular complexity index is 1180. The molecule has 6 heteroatoms. The molecule has 0 saturated carbocycles. The van der Waals surface area contributed by atoms with Crippen molar-refractivity contribution in [2.24, 2.45) is 0 Å². The van der Waals surface area contributed by atoms with Crippen molar-refractivity contribution in [3.05, 3.63) is 96.8 Å². The van der Waals surface area contributed by atoms with E-state index in [0.29, 0.717) is 22.8 Å². The van der Waals surface area contributed by atoms with E-state index in [1.54, 1.807) is 48.7 Å². The molecule has 3 N–H and O–H groups in total. The van der Waals surface area contributed by atoms with Gasteiger partial charge in [0.1, 0.15) is 5.69 Å². The normalized spacial score (nSPS) is 10.3. The van der Waals surface area contributed by atoms with E-state index in [0.717, 1.165) is 10.8 Å². The second kappa shape index (κ2) is 8.22. The molecule has 3 aromatic carbocycles. The van der Waals surface area contributed by atoms with Gasteiger partial charge in [-0.2, -0.15) is 0 Å². The Morgan fingerprint density at radius 1 is 0.621 bits per heavy atom. The Kier molecular flexibility index (Phi) is 5.16. The van der Waals surface area contributed by atoms with E-state index in [2.05, 4.69) is 20.9 Å². The maximum Gasteiger partial charge on any atom is 0.323 e. The molecule has 0 atom stereocenters. The van der Waals surface area contributed by atoms with Crippen molar-refractivity contribution in [3.63, 3.8) is 0 Å². The minimum atomic E-state index is -0.367. The van der Waals surface area contributed by atoms with Crippen LogP contribution < -0.4 is 16.0 Å². The molecule has 0 spiro atoms. The van der Waals surface area contributed by atoms with Gasteiger partial charge in [-0.05, 0) is 53.2 Å². The summed E-state index contributed by atoms with van der Waals surface area (Å²) in [5, 5.41) is 10.5. The number of fused-ring (bicyclic) bond motifs is 1. The lowest BCUT2D eigenvalue weighted by molar-refractivity contribution is 0.102. The minimum Gasteiger partial charge on any atom is -0.321 e. The molecular weight excluding hydrogens is 364 g/mol. The van der Waals surface area contributed by atoms with Crippen LogP contribution >= 0.6 is 0 Å². The lowest BCUT2D eigenvalue weighted by Crippen LogP contribution is -2.19. The maximum atomic E-state index is 12.4. The van der Waals surface area contributed by atoms with Crippen LogP contribution in [-0.4, -0.2) is 16.9 Å². The SMILES string of the molecule is O=C(Nc1cccc(NC(=O)c2ccccn2)c1)Nc1ccc2ccccc2c1. The number of hydrogen-bond donors (Lipinski definition) is 3. The highest BCUT2D eigenvalue weighted by Gasteiger charge is 2.08. The molecule has 0 aliphatic heterocycles. The summed E-state index contributed by atoms with van der Waals surface area (Å²) in [7, 11) is 0. The molecule has 6 nitrogen and oxygen atoms in total. The van der Waals surface area contributed by atoms with Crippen LogP contribution in [0.15, 0.2) is 91.1 Å². The molecule has 0 saturated heterocycles. The number of nitrogens with one attached hydrogen (secondary N) is 3. The first-order chi connectivity index (χ1) is 14.2. The Morgan fingerprint density at radius 2 is 1.31 bits per heavy atom. The highest BCUT2D eigenvalue weighted by atomic mass is 16.2. The molecule has 0 bridgehead atoms. The van der Waals surface area contributed by atoms with Crippen molar-refractivity contribution in [2.75, 3.05) is 16.0 Å². The largest absolute Gasteiger partial charge is 0.323 e. The average molecular weight is 382 g/mol. The van der Waals surface area contributed by atoms with E-state index < -0.39 is 0 Å². The van der Waals surface area contributed by atoms with Crippen LogP contribution in [0.1, 0.15) is 10.5 Å². The van der Waals surface area contributed by atoms with Gasteiger partial charge in [-0.25, -0.2) is 4.79 Å². The second-order valence-corrected chi connectivity index (χ2v) is 6.39. The lowest BCUT2D eigenvalue weighted by Gasteiger charge is -2.10. The molecular formula is C23H18N4O2. The molecule has 0 aliphatic carbocycles. The van der Waals surface area contributed by atoms with Crippen molar-refractivity contribution in [1.82, 2.24) is 4.98 Å². The van der Waals surface area contributed by atoms with Crippen LogP contribution in [0, 0.1) is 0 Å². The quantitative estimate of drug-likeness (QED) is 0.457. The van der Waals surface area contributed by atoms with Gasteiger partial charge >= 0.3 is 6.03 Å². The number of carbonyl (C=O) groups excluding carboxylic acids is 2. The second-order valence-electron chi connectivity index (χ2n) is 6.39. The van der Waals surface area contributed by atoms with E-state index in [9.17, 15) is 9.59 Å². The van der Waals surface area contributed by atoms with Crippen LogP contribution in [0.25, 0.3) is 10.8 Å². The zero-order valence-electron chi connectivity index (χ0n) is 15.4. The fourth-order valence-electron chi connectivity index (χ4n) is 2.93. The molecule has 4 rings (SSSR count). The molecule has 0 aliphatic rings. The molecule has 0 unspecified atom stereocenters. The summed E-state index contributed by atoms with van der Waals surface area (Å²) in [6.45, 7) is 0. The van der Waals surface area contributed by atoms with Crippen molar-refractivity contribution in [3.8, 4) is 0 Å². The van der Waals surface area contributed by atoms with Gasteiger partial charge < -0.3 is 16.0 Å². The molecule has 3 amide bonds. The highest BCUT2D eigenvalue weighted by molar-refractivity contribution is 6.04. The summed E-state index contributed by atoms with van der Waals surface area (Å²) in [6.07, 6.45) is 1.56. The Labute approximate surface area is 167 Å². The molecule has 1 heterocycles. The zero-order valence-corrected chi connectivity index (χ0v) is 15.4. The van der Waals surface area contributed by atoms with Gasteiger partial charge in [-0.15, -0.1) is 0 Å². The topological polar surface area (TPSA) is 83.1 Å². The van der Waals surface area contributed by atoms with Gasteiger partial charge in [0.25, 0.3) is 5.91 Å². The van der Waals surface area contributed by atoms with Gasteiger partial charge in [0.05, 0.1) is 0 Å². The van der Waals surface area contributed by atoms with Crippen molar-refractivity contribution in [1.29, 1.82) is 0 Å². The molecule has 1 aromatic heterocycles. The molecule has 0 radical (unpaired) electrons. The number of nitrogens with zero attached hydrogens (tertiary/aromatic N) is 1. The predicted octanol–water partition coefficient (Wildman–Crippen LogP) is 5.13. The van der Waals surface area contributed by atoms with Crippen LogP contribution in [0.3, 0.4) is 0 Å². The van der Waals surface area contributed by atoms with Crippen LogP contribution in [0.2, 0.25) is 0 Å². The smallest absolute Gasteiger partial charge is 0.321 e. The summed E-state index contributed by atoms with van der Waals surface area (Å²) in [6, 6.07) is 25.3. The Hall–Kier alpha value is -4.19. The fraction of sp³-hybridized carbons (Fsp3) is 0. The first kappa shape index (κ1) is 18.2. The highest BCUT2D eigenvalue weighted by Crippen LogP contribution is 2.20. The van der Waals surface area contributed by atoms with Crippen LogP contribution in [0.4, 0.5) is 21.9 Å². The van der Waals surface area contributed by atoms with Gasteiger partial charge in [0.15, 0.2) is 0 Å². The van der Waals surface area contributed by atoms with E-state index in [1.807, 2.05) is 42.5 Å². The van der Waals surface area contributed by atoms with Gasteiger partial charge in [-0.3, -0.25) is 9.78 Å². The number of rotatable bonds is 4. The lowest BCUT2D eigenvalue weighted by atomic mass is 10.1. The molecule has 0 fully saturated rings. The number of aromatic nitrogens is 1. The maximum absolute atomic E-state index is 12.4. The van der Waals surface area contributed by atoms with E-state index >= 15 is 0 Å². The number of carbonyl (C=O) groups is 2. The average Bonchev–Trinajstić information content (AvgIpc) is 2.74. The third-order valence-corrected chi connectivity index (χ3v) is 4.28. The minimum absolute atomic E-state index is 0.316. The Balaban J connectivity index is 1.41. The fourth-order valence-corrected chi connectivity index (χ4v) is 2.93. The number of urea groups is 1. The monoisotopic (exact) mass is 382 g/mol. The third kappa shape index (κ3) is 4.56. The standard InChI is InChI=1S/C23H18N4O2/c28-22(21-10-3-4-13-24-21)25-18-8-5-9-19(15-18)26-23(29)27-20-12-11-16-6-1-2-7-17(16)14-20/h1-15H,(H,25,28)(H2,26,27,29). The third-order valence-electron chi connectivity index (χ3n) is 4.28. The summed E-state index contributed by atoms with van der Waals surface area (Å²) in [5.74, 6) is -0.316. The predicted molar refractivity (Wildman–Crippen MR) is 115 cm³/mol. The first-order valence-electron chi connectivity index (χ1n) is 9.07. The van der Waals surface area contributed by atoms with E-state index in [1.165, 1.54) is 0 Å². The number of amides is 3. The van der Waals surface area contributed by atoms with E-state index in [-0.39, 0.29) is 11.9 Å². The van der Waals surface area contributed by atoms with Crippen LogP contribution in [0.5, 0.6) is 0 Å². The number of benzene rings is 3. The number of hydrogen-bond acceptors (Lipinski definition) is 3. The van der Waals surface area contributed by atoms with Gasteiger partial charge in [0.2, 0.25) is 0 Å². The van der Waals surface area contributed by atoms with E-state index in [4.69, 9.17) is 0 Å². The summed E-state index contributed by atoms with van der Waals surface area (Å²) in [5.41, 5.74) is 2.13. The summed E-state index contributed by atoms with van der Waals surface area (Å²) < 4.78 is 0. The zero-order chi connectivity index (χ0) is 20.1. The Morgan fingerprint density at radius 3 is 2.07 bits per heavy atom. The van der Waals surface area contributed by atoms with Gasteiger partial charge in [0, 0.05) is 23.3 Å². The van der Waals surface area contributed by atoms with Crippen LogP contribution in [-0.2, 0) is 0 Å². The molecule has 4 aromatic rings. The molecule has 29 heavy (non-hydrogen) atoms. The number of pyridine rings is 1. The van der Waals surface area contributed by atoms with Gasteiger partial charge in [-0.1, -0.05) is 42.5 Å². The van der Waals surface area contributed by atoms with Crippen molar-refractivity contribution >= 4 is 39.8 Å². The summed E-state index contributed by atoms with van der Waals surface area (Å²) in [4.78, 5) is 28.6. The number of anilines is 3. The first-order valence-corrected chi connectivity index (χ1v) is 9.07. The van der Waals surface area contributed by atoms with Crippen molar-refractivity contribution in [2.45, 2.75) is 0 Å².